The molecule has 0 spiro atoms. The molecule has 5 rings (SSSR count). The highest BCUT2D eigenvalue weighted by atomic mass is 35.5. The number of nitrogens with zero attached hydrogens (tertiary/aromatic N) is 1. The number of benzene rings is 3. The van der Waals surface area contributed by atoms with Crippen molar-refractivity contribution in [3.8, 4) is 16.9 Å². The number of nitrogens with one attached hydrogen (secondary N) is 1. The second-order valence-electron chi connectivity index (χ2n) is 10.1. The molecule has 36 heavy (non-hydrogen) atoms. The quantitative estimate of drug-likeness (QED) is 0.378. The van der Waals surface area contributed by atoms with Crippen molar-refractivity contribution in [3.63, 3.8) is 0 Å². The second-order valence-corrected chi connectivity index (χ2v) is 10.6. The SMILES string of the molecule is CCC1CCC(c2ccc(-c3ccc4c(c3)OC(CC)CN4C(=O)Nc3ccc(Cl)cc3)cc2)CC1. The zero-order valence-corrected chi connectivity index (χ0v) is 21.9. The van der Waals surface area contributed by atoms with E-state index in [0.29, 0.717) is 23.2 Å². The normalized spacial score (nSPS) is 21.4. The van der Waals surface area contributed by atoms with Crippen LogP contribution in [0.15, 0.2) is 66.7 Å². The first-order valence-electron chi connectivity index (χ1n) is 13.3. The zero-order valence-electron chi connectivity index (χ0n) is 21.2. The van der Waals surface area contributed by atoms with Crippen molar-refractivity contribution in [2.75, 3.05) is 16.8 Å². The summed E-state index contributed by atoms with van der Waals surface area (Å²) in [6.07, 6.45) is 7.39. The molecule has 3 aromatic carbocycles. The largest absolute Gasteiger partial charge is 0.486 e. The smallest absolute Gasteiger partial charge is 0.326 e. The number of amides is 2. The number of anilines is 2. The molecule has 1 saturated carbocycles. The maximum Gasteiger partial charge on any atom is 0.326 e. The van der Waals surface area contributed by atoms with E-state index in [2.05, 4.69) is 55.6 Å². The van der Waals surface area contributed by atoms with Crippen LogP contribution < -0.4 is 15.0 Å². The minimum absolute atomic E-state index is 0.0515. The van der Waals surface area contributed by atoms with Crippen LogP contribution in [-0.2, 0) is 0 Å². The van der Waals surface area contributed by atoms with E-state index >= 15 is 0 Å². The maximum absolute atomic E-state index is 13.2. The van der Waals surface area contributed by atoms with Gasteiger partial charge in [-0.1, -0.05) is 62.2 Å². The summed E-state index contributed by atoms with van der Waals surface area (Å²) in [5.74, 6) is 2.35. The predicted molar refractivity (Wildman–Crippen MR) is 149 cm³/mol. The Bertz CT molecular complexity index is 1180. The van der Waals surface area contributed by atoms with Crippen molar-refractivity contribution in [2.24, 2.45) is 5.92 Å². The molecule has 2 aliphatic rings. The molecule has 1 aliphatic carbocycles. The van der Waals surface area contributed by atoms with E-state index < -0.39 is 0 Å². The molecule has 1 N–H and O–H groups in total. The highest BCUT2D eigenvalue weighted by Crippen LogP contribution is 2.40. The van der Waals surface area contributed by atoms with E-state index in [9.17, 15) is 4.79 Å². The van der Waals surface area contributed by atoms with Crippen LogP contribution in [0.4, 0.5) is 16.2 Å². The van der Waals surface area contributed by atoms with Crippen molar-refractivity contribution in [1.82, 2.24) is 0 Å². The standard InChI is InChI=1S/C31H35ClN2O2/c1-3-21-5-7-22(8-6-21)23-9-11-24(12-10-23)25-13-18-29-30(19-25)36-28(4-2)20-34(29)31(35)33-27-16-14-26(32)15-17-27/h9-19,21-22,28H,3-8,20H2,1-2H3,(H,33,35). The van der Waals surface area contributed by atoms with Crippen molar-refractivity contribution >= 4 is 29.0 Å². The van der Waals surface area contributed by atoms with E-state index in [-0.39, 0.29) is 12.1 Å². The molecule has 0 radical (unpaired) electrons. The fourth-order valence-corrected chi connectivity index (χ4v) is 5.64. The summed E-state index contributed by atoms with van der Waals surface area (Å²) in [7, 11) is 0. The van der Waals surface area contributed by atoms with E-state index in [1.165, 1.54) is 43.2 Å². The van der Waals surface area contributed by atoms with Gasteiger partial charge < -0.3 is 10.1 Å². The molecule has 188 valence electrons. The van der Waals surface area contributed by atoms with Crippen LogP contribution in [0.3, 0.4) is 0 Å². The van der Waals surface area contributed by atoms with E-state index in [1.807, 2.05) is 6.07 Å². The number of halogens is 1. The first-order chi connectivity index (χ1) is 17.5. The van der Waals surface area contributed by atoms with Gasteiger partial charge in [-0.25, -0.2) is 4.79 Å². The molecule has 0 saturated heterocycles. The van der Waals surface area contributed by atoms with Crippen molar-refractivity contribution in [3.05, 3.63) is 77.3 Å². The molecule has 1 atom stereocenters. The third-order valence-electron chi connectivity index (χ3n) is 7.87. The van der Waals surface area contributed by atoms with Crippen LogP contribution in [-0.4, -0.2) is 18.7 Å². The average Bonchev–Trinajstić information content (AvgIpc) is 2.93. The van der Waals surface area contributed by atoms with Crippen LogP contribution in [0.5, 0.6) is 5.75 Å². The highest BCUT2D eigenvalue weighted by Gasteiger charge is 2.29. The lowest BCUT2D eigenvalue weighted by Gasteiger charge is -2.35. The van der Waals surface area contributed by atoms with Gasteiger partial charge in [0.25, 0.3) is 0 Å². The summed E-state index contributed by atoms with van der Waals surface area (Å²) in [6.45, 7) is 4.91. The van der Waals surface area contributed by atoms with Gasteiger partial charge in [-0.3, -0.25) is 4.90 Å². The predicted octanol–water partition coefficient (Wildman–Crippen LogP) is 8.90. The molecule has 1 heterocycles. The molecule has 0 aromatic heterocycles. The molecule has 0 bridgehead atoms. The third-order valence-corrected chi connectivity index (χ3v) is 8.12. The molecule has 2 amide bonds. The van der Waals surface area contributed by atoms with E-state index in [1.54, 1.807) is 29.2 Å². The number of hydrogen-bond acceptors (Lipinski definition) is 2. The number of carbonyl (C=O) groups excluding carboxylic acids is 1. The molecule has 3 aromatic rings. The van der Waals surface area contributed by atoms with Gasteiger partial charge in [0, 0.05) is 10.7 Å². The summed E-state index contributed by atoms with van der Waals surface area (Å²) >= 11 is 5.99. The lowest BCUT2D eigenvalue weighted by Crippen LogP contribution is -2.45. The fraction of sp³-hybridized carbons (Fsp3) is 0.387. The van der Waals surface area contributed by atoms with Gasteiger partial charge in [-0.2, -0.15) is 0 Å². The lowest BCUT2D eigenvalue weighted by atomic mass is 9.77. The lowest BCUT2D eigenvalue weighted by molar-refractivity contribution is 0.188. The van der Waals surface area contributed by atoms with Gasteiger partial charge in [-0.05, 0) is 97.0 Å². The summed E-state index contributed by atoms with van der Waals surface area (Å²) in [5.41, 5.74) is 5.23. The number of rotatable bonds is 5. The molecule has 1 aliphatic heterocycles. The van der Waals surface area contributed by atoms with Gasteiger partial charge in [-0.15, -0.1) is 0 Å². The Morgan fingerprint density at radius 3 is 2.28 bits per heavy atom. The van der Waals surface area contributed by atoms with Crippen LogP contribution in [0.2, 0.25) is 5.02 Å². The van der Waals surface area contributed by atoms with E-state index in [4.69, 9.17) is 16.3 Å². The fourth-order valence-electron chi connectivity index (χ4n) is 5.51. The Morgan fingerprint density at radius 2 is 1.61 bits per heavy atom. The van der Waals surface area contributed by atoms with Crippen molar-refractivity contribution in [2.45, 2.75) is 64.4 Å². The number of fused-ring (bicyclic) bond motifs is 1. The van der Waals surface area contributed by atoms with Crippen LogP contribution in [0.25, 0.3) is 11.1 Å². The number of urea groups is 1. The van der Waals surface area contributed by atoms with Gasteiger partial charge in [0.05, 0.1) is 12.2 Å². The van der Waals surface area contributed by atoms with Crippen molar-refractivity contribution < 1.29 is 9.53 Å². The monoisotopic (exact) mass is 502 g/mol. The third kappa shape index (κ3) is 5.39. The molecular weight excluding hydrogens is 468 g/mol. The first kappa shape index (κ1) is 24.7. The minimum atomic E-state index is -0.171. The van der Waals surface area contributed by atoms with Crippen LogP contribution in [0, 0.1) is 5.92 Å². The molecule has 1 unspecified atom stereocenters. The van der Waals surface area contributed by atoms with Gasteiger partial charge in [0.2, 0.25) is 0 Å². The maximum atomic E-state index is 13.2. The summed E-state index contributed by atoms with van der Waals surface area (Å²) in [6, 6.07) is 22.2. The summed E-state index contributed by atoms with van der Waals surface area (Å²) in [4.78, 5) is 15.0. The molecule has 1 fully saturated rings. The topological polar surface area (TPSA) is 41.6 Å². The Labute approximate surface area is 219 Å². The van der Waals surface area contributed by atoms with Gasteiger partial charge in [0.15, 0.2) is 0 Å². The van der Waals surface area contributed by atoms with Crippen LogP contribution >= 0.6 is 11.6 Å². The van der Waals surface area contributed by atoms with E-state index in [0.717, 1.165) is 29.3 Å². The highest BCUT2D eigenvalue weighted by molar-refractivity contribution is 6.30. The van der Waals surface area contributed by atoms with Gasteiger partial charge >= 0.3 is 6.03 Å². The molecular formula is C31H35ClN2O2. The Hall–Kier alpha value is -2.98. The van der Waals surface area contributed by atoms with Crippen molar-refractivity contribution in [1.29, 1.82) is 0 Å². The number of carbonyl (C=O) groups is 1. The average molecular weight is 503 g/mol. The molecule has 4 nitrogen and oxygen atoms in total. The Kier molecular flexibility index (Phi) is 7.52. The Balaban J connectivity index is 1.34. The second kappa shape index (κ2) is 11.0. The van der Waals surface area contributed by atoms with Gasteiger partial charge in [0.1, 0.15) is 11.9 Å². The first-order valence-corrected chi connectivity index (χ1v) is 13.7. The summed E-state index contributed by atoms with van der Waals surface area (Å²) < 4.78 is 6.29. The zero-order chi connectivity index (χ0) is 25.1. The molecule has 5 heteroatoms. The number of ether oxygens (including phenoxy) is 1. The minimum Gasteiger partial charge on any atom is -0.486 e. The Morgan fingerprint density at radius 1 is 0.917 bits per heavy atom. The number of hydrogen-bond donors (Lipinski definition) is 1. The van der Waals surface area contributed by atoms with Crippen LogP contribution in [0.1, 0.15) is 63.9 Å². The summed E-state index contributed by atoms with van der Waals surface area (Å²) in [5, 5.41) is 3.63.